The fourth-order valence-electron chi connectivity index (χ4n) is 1.80. The highest BCUT2D eigenvalue weighted by Gasteiger charge is 2.32. The van der Waals surface area contributed by atoms with Gasteiger partial charge in [-0.25, -0.2) is 9.69 Å². The molecule has 1 saturated heterocycles. The first kappa shape index (κ1) is 12.3. The standard InChI is InChI=1S/C12H12N2O4/c1-18-7-8-4-2-3-5-9(8)14-11(16)6-10(15)13-12(14)17/h2-5H,6-7H2,1H3,(H,13,15,17). The quantitative estimate of drug-likeness (QED) is 0.803. The number of methoxy groups -OCH3 is 1. The number of imide groups is 2. The summed E-state index contributed by atoms with van der Waals surface area (Å²) in [6.45, 7) is 0.279. The molecule has 4 amide bonds. The van der Waals surface area contributed by atoms with Crippen LogP contribution in [0, 0.1) is 0 Å². The molecule has 0 aromatic heterocycles. The number of ether oxygens (including phenoxy) is 1. The molecule has 1 fully saturated rings. The smallest absolute Gasteiger partial charge is 0.335 e. The van der Waals surface area contributed by atoms with Crippen molar-refractivity contribution < 1.29 is 19.1 Å². The van der Waals surface area contributed by atoms with Gasteiger partial charge in [0.05, 0.1) is 12.3 Å². The molecule has 0 saturated carbocycles. The maximum atomic E-state index is 11.8. The Morgan fingerprint density at radius 1 is 1.28 bits per heavy atom. The summed E-state index contributed by atoms with van der Waals surface area (Å²) in [6.07, 6.45) is -0.326. The Kier molecular flexibility index (Phi) is 3.38. The molecule has 1 aliphatic heterocycles. The second kappa shape index (κ2) is 4.97. The van der Waals surface area contributed by atoms with Crippen LogP contribution in [0.5, 0.6) is 0 Å². The first-order valence-corrected chi connectivity index (χ1v) is 5.37. The van der Waals surface area contributed by atoms with Crippen LogP contribution in [0.15, 0.2) is 24.3 Å². The van der Waals surface area contributed by atoms with Crippen molar-refractivity contribution in [1.82, 2.24) is 5.32 Å². The van der Waals surface area contributed by atoms with Gasteiger partial charge >= 0.3 is 6.03 Å². The van der Waals surface area contributed by atoms with Gasteiger partial charge in [-0.1, -0.05) is 18.2 Å². The molecule has 0 atom stereocenters. The third-order valence-corrected chi connectivity index (χ3v) is 2.54. The number of barbiturate groups is 1. The molecule has 0 radical (unpaired) electrons. The first-order chi connectivity index (χ1) is 8.63. The molecule has 94 valence electrons. The van der Waals surface area contributed by atoms with Crippen LogP contribution < -0.4 is 10.2 Å². The van der Waals surface area contributed by atoms with E-state index in [1.807, 2.05) is 0 Å². The second-order valence-electron chi connectivity index (χ2n) is 3.82. The average molecular weight is 248 g/mol. The Balaban J connectivity index is 2.38. The van der Waals surface area contributed by atoms with Gasteiger partial charge in [0.25, 0.3) is 0 Å². The molecule has 0 unspecified atom stereocenters. The summed E-state index contributed by atoms with van der Waals surface area (Å²) in [5, 5.41) is 2.11. The van der Waals surface area contributed by atoms with Crippen LogP contribution in [0.25, 0.3) is 0 Å². The van der Waals surface area contributed by atoms with Crippen LogP contribution >= 0.6 is 0 Å². The molecule has 0 aliphatic carbocycles. The number of anilines is 1. The minimum atomic E-state index is -0.722. The zero-order valence-corrected chi connectivity index (χ0v) is 9.80. The van der Waals surface area contributed by atoms with Crippen molar-refractivity contribution in [3.8, 4) is 0 Å². The van der Waals surface area contributed by atoms with E-state index in [9.17, 15) is 14.4 Å². The minimum absolute atomic E-state index is 0.279. The number of urea groups is 1. The highest BCUT2D eigenvalue weighted by Crippen LogP contribution is 2.23. The first-order valence-electron chi connectivity index (χ1n) is 5.37. The number of rotatable bonds is 3. The van der Waals surface area contributed by atoms with E-state index in [2.05, 4.69) is 5.32 Å². The number of carbonyl (C=O) groups excluding carboxylic acids is 3. The lowest BCUT2D eigenvalue weighted by Gasteiger charge is -2.26. The third kappa shape index (κ3) is 2.23. The normalized spacial score (nSPS) is 15.8. The van der Waals surface area contributed by atoms with Crippen molar-refractivity contribution in [1.29, 1.82) is 0 Å². The predicted molar refractivity (Wildman–Crippen MR) is 62.8 cm³/mol. The number of benzene rings is 1. The molecule has 1 aromatic rings. The number of carbonyl (C=O) groups is 3. The molecule has 1 aromatic carbocycles. The van der Waals surface area contributed by atoms with Crippen molar-refractivity contribution >= 4 is 23.5 Å². The fourth-order valence-corrected chi connectivity index (χ4v) is 1.80. The largest absolute Gasteiger partial charge is 0.380 e. The van der Waals surface area contributed by atoms with Crippen molar-refractivity contribution in [2.24, 2.45) is 0 Å². The molecule has 18 heavy (non-hydrogen) atoms. The maximum Gasteiger partial charge on any atom is 0.335 e. The van der Waals surface area contributed by atoms with Crippen molar-refractivity contribution in [2.45, 2.75) is 13.0 Å². The van der Waals surface area contributed by atoms with E-state index in [0.29, 0.717) is 11.3 Å². The van der Waals surface area contributed by atoms with Crippen molar-refractivity contribution in [3.05, 3.63) is 29.8 Å². The number of hydrogen-bond donors (Lipinski definition) is 1. The molecule has 0 bridgehead atoms. The molecular formula is C12H12N2O4. The molecule has 1 aliphatic rings. The van der Waals surface area contributed by atoms with E-state index in [-0.39, 0.29) is 13.0 Å². The monoisotopic (exact) mass is 248 g/mol. The van der Waals surface area contributed by atoms with Crippen LogP contribution in [0.1, 0.15) is 12.0 Å². The van der Waals surface area contributed by atoms with Crippen LogP contribution in [-0.4, -0.2) is 25.0 Å². The number of hydrogen-bond acceptors (Lipinski definition) is 4. The van der Waals surface area contributed by atoms with E-state index in [4.69, 9.17) is 4.74 Å². The Hall–Kier alpha value is -2.21. The van der Waals surface area contributed by atoms with Crippen molar-refractivity contribution in [2.75, 3.05) is 12.0 Å². The molecule has 6 nitrogen and oxygen atoms in total. The molecule has 6 heteroatoms. The highest BCUT2D eigenvalue weighted by atomic mass is 16.5. The lowest BCUT2D eigenvalue weighted by atomic mass is 10.1. The molecule has 1 N–H and O–H groups in total. The van der Waals surface area contributed by atoms with Gasteiger partial charge in [0, 0.05) is 12.7 Å². The van der Waals surface area contributed by atoms with Gasteiger partial charge in [-0.15, -0.1) is 0 Å². The highest BCUT2D eigenvalue weighted by molar-refractivity contribution is 6.26. The minimum Gasteiger partial charge on any atom is -0.380 e. The third-order valence-electron chi connectivity index (χ3n) is 2.54. The Bertz CT molecular complexity index is 493. The SMILES string of the molecule is COCc1ccccc1N1C(=O)CC(=O)NC1=O. The van der Waals surface area contributed by atoms with Crippen LogP contribution in [-0.2, 0) is 20.9 Å². The summed E-state index contributed by atoms with van der Waals surface area (Å²) in [7, 11) is 1.53. The van der Waals surface area contributed by atoms with E-state index in [0.717, 1.165) is 4.90 Å². The van der Waals surface area contributed by atoms with E-state index in [1.54, 1.807) is 24.3 Å². The molecular weight excluding hydrogens is 236 g/mol. The predicted octanol–water partition coefficient (Wildman–Crippen LogP) is 0.806. The maximum absolute atomic E-state index is 11.8. The van der Waals surface area contributed by atoms with Gasteiger partial charge in [0.2, 0.25) is 11.8 Å². The summed E-state index contributed by atoms with van der Waals surface area (Å²) in [6, 6.07) is 6.18. The van der Waals surface area contributed by atoms with Crippen molar-refractivity contribution in [3.63, 3.8) is 0 Å². The summed E-state index contributed by atoms with van der Waals surface area (Å²) >= 11 is 0. The van der Waals surface area contributed by atoms with E-state index >= 15 is 0 Å². The van der Waals surface area contributed by atoms with Gasteiger partial charge in [0.1, 0.15) is 6.42 Å². The van der Waals surface area contributed by atoms with Gasteiger partial charge in [-0.3, -0.25) is 14.9 Å². The van der Waals surface area contributed by atoms with Crippen LogP contribution in [0.4, 0.5) is 10.5 Å². The van der Waals surface area contributed by atoms with Gasteiger partial charge < -0.3 is 4.74 Å². The average Bonchev–Trinajstić information content (AvgIpc) is 2.30. The molecule has 1 heterocycles. The van der Waals surface area contributed by atoms with Gasteiger partial charge in [-0.2, -0.15) is 0 Å². The number of amides is 4. The number of para-hydroxylation sites is 1. The molecule has 2 rings (SSSR count). The lowest BCUT2D eigenvalue weighted by molar-refractivity contribution is -0.128. The zero-order valence-electron chi connectivity index (χ0n) is 9.80. The van der Waals surface area contributed by atoms with Gasteiger partial charge in [0.15, 0.2) is 0 Å². The Labute approximate surface area is 104 Å². The zero-order chi connectivity index (χ0) is 13.1. The van der Waals surface area contributed by atoms with E-state index < -0.39 is 17.8 Å². The number of nitrogens with one attached hydrogen (secondary N) is 1. The Morgan fingerprint density at radius 3 is 2.67 bits per heavy atom. The second-order valence-corrected chi connectivity index (χ2v) is 3.82. The Morgan fingerprint density at radius 2 is 2.00 bits per heavy atom. The van der Waals surface area contributed by atoms with Gasteiger partial charge in [-0.05, 0) is 6.07 Å². The molecule has 0 spiro atoms. The summed E-state index contributed by atoms with van der Waals surface area (Å²) in [5.74, 6) is -1.11. The topological polar surface area (TPSA) is 75.7 Å². The lowest BCUT2D eigenvalue weighted by Crippen LogP contribution is -2.53. The van der Waals surface area contributed by atoms with E-state index in [1.165, 1.54) is 7.11 Å². The fraction of sp³-hybridized carbons (Fsp3) is 0.250. The summed E-state index contributed by atoms with van der Waals surface area (Å²) in [4.78, 5) is 35.5. The number of nitrogens with zero attached hydrogens (tertiary/aromatic N) is 1. The summed E-state index contributed by atoms with van der Waals surface area (Å²) in [5.41, 5.74) is 1.15. The van der Waals surface area contributed by atoms with Crippen LogP contribution in [0.3, 0.4) is 0 Å². The summed E-state index contributed by atoms with van der Waals surface area (Å²) < 4.78 is 5.01. The van der Waals surface area contributed by atoms with Crippen LogP contribution in [0.2, 0.25) is 0 Å².